The first-order chi connectivity index (χ1) is 9.58. The number of ether oxygens (including phenoxy) is 1. The molecule has 0 aromatic heterocycles. The van der Waals surface area contributed by atoms with E-state index in [9.17, 15) is 9.90 Å². The first-order valence-corrected chi connectivity index (χ1v) is 12.9. The molecule has 1 aromatic carbocycles. The van der Waals surface area contributed by atoms with Crippen molar-refractivity contribution < 1.29 is 14.6 Å². The number of hydrogen-bond donors (Lipinski definition) is 2. The Labute approximate surface area is 125 Å². The molecule has 6 heteroatoms. The molecule has 0 unspecified atom stereocenters. The van der Waals surface area contributed by atoms with Crippen LogP contribution in [0.25, 0.3) is 6.08 Å². The van der Waals surface area contributed by atoms with E-state index in [1.54, 1.807) is 24.4 Å². The van der Waals surface area contributed by atoms with Crippen molar-refractivity contribution in [1.82, 2.24) is 5.32 Å². The summed E-state index contributed by atoms with van der Waals surface area (Å²) in [6, 6.07) is 4.95. The molecule has 0 saturated carbocycles. The van der Waals surface area contributed by atoms with Crippen LogP contribution in [0.1, 0.15) is 5.56 Å². The van der Waals surface area contributed by atoms with Gasteiger partial charge in [0, 0.05) is 0 Å². The second kappa shape index (κ2) is 6.65. The van der Waals surface area contributed by atoms with Crippen molar-refractivity contribution in [2.45, 2.75) is 4.68 Å². The maximum absolute atomic E-state index is 11.7. The van der Waals surface area contributed by atoms with Gasteiger partial charge in [0.1, 0.15) is 0 Å². The van der Waals surface area contributed by atoms with E-state index >= 15 is 0 Å². The number of carbonyl (C=O) groups excluding carboxylic acids is 1. The normalized spacial score (nSPS) is 13.7. The number of benzene rings is 1. The van der Waals surface area contributed by atoms with Gasteiger partial charge in [-0.25, -0.2) is 0 Å². The fourth-order valence-corrected chi connectivity index (χ4v) is 5.13. The molecule has 1 aliphatic rings. The zero-order chi connectivity index (χ0) is 14.5. The van der Waals surface area contributed by atoms with Crippen LogP contribution in [0.3, 0.4) is 0 Å². The van der Waals surface area contributed by atoms with Crippen molar-refractivity contribution >= 4 is 39.9 Å². The van der Waals surface area contributed by atoms with Crippen LogP contribution in [0.5, 0.6) is 11.5 Å². The number of amides is 1. The van der Waals surface area contributed by atoms with E-state index in [0.717, 1.165) is 11.3 Å². The summed E-state index contributed by atoms with van der Waals surface area (Å²) in [6.45, 7) is 0. The zero-order valence-electron chi connectivity index (χ0n) is 11.3. The van der Waals surface area contributed by atoms with Gasteiger partial charge in [0.2, 0.25) is 0 Å². The Morgan fingerprint density at radius 1 is 1.50 bits per heavy atom. The number of methoxy groups -OCH3 is 1. The summed E-state index contributed by atoms with van der Waals surface area (Å²) in [5.74, 6) is 0.238. The van der Waals surface area contributed by atoms with Gasteiger partial charge < -0.3 is 0 Å². The topological polar surface area (TPSA) is 70.9 Å². The second-order valence-corrected chi connectivity index (χ2v) is 10.4. The number of nitrogens with zero attached hydrogens (tertiary/aromatic N) is 1. The molecule has 102 valence electrons. The predicted octanol–water partition coefficient (Wildman–Crippen LogP) is 1.66. The third kappa shape index (κ3) is 3.90. The molecule has 0 fully saturated rings. The van der Waals surface area contributed by atoms with Crippen LogP contribution in [0, 0.1) is 0 Å². The van der Waals surface area contributed by atoms with Gasteiger partial charge in [-0.05, 0) is 0 Å². The predicted molar refractivity (Wildman–Crippen MR) is 80.0 cm³/mol. The van der Waals surface area contributed by atoms with Gasteiger partial charge in [-0.1, -0.05) is 0 Å². The Hall–Kier alpha value is -1.69. The monoisotopic (exact) mass is 374 g/mol. The van der Waals surface area contributed by atoms with Gasteiger partial charge >= 0.3 is 126 Å². The Morgan fingerprint density at radius 3 is 2.90 bits per heavy atom. The van der Waals surface area contributed by atoms with Gasteiger partial charge in [0.05, 0.1) is 0 Å². The van der Waals surface area contributed by atoms with E-state index in [0.29, 0.717) is 5.75 Å². The average Bonchev–Trinajstić information content (AvgIpc) is 2.82. The van der Waals surface area contributed by atoms with Crippen molar-refractivity contribution in [3.05, 3.63) is 39.4 Å². The molecule has 5 nitrogen and oxygen atoms in total. The number of aromatic hydroxyl groups is 1. The van der Waals surface area contributed by atoms with E-state index in [2.05, 4.69) is 16.8 Å². The van der Waals surface area contributed by atoms with Crippen LogP contribution in [0.15, 0.2) is 36.8 Å². The van der Waals surface area contributed by atoms with Crippen molar-refractivity contribution in [2.75, 3.05) is 7.11 Å². The van der Waals surface area contributed by atoms with Crippen molar-refractivity contribution in [3.8, 4) is 11.5 Å². The number of hydrogen-bond acceptors (Lipinski definition) is 4. The number of allylic oxidation sites excluding steroid dienone is 1. The van der Waals surface area contributed by atoms with Crippen LogP contribution in [0.2, 0.25) is 4.68 Å². The number of nitrogens with one attached hydrogen (secondary N) is 1. The molecule has 2 N–H and O–H groups in total. The Morgan fingerprint density at radius 2 is 2.30 bits per heavy atom. The third-order valence-corrected chi connectivity index (χ3v) is 6.94. The Balaban J connectivity index is 1.99. The van der Waals surface area contributed by atoms with E-state index in [4.69, 9.17) is 4.74 Å². The molecule has 2 rings (SSSR count). The van der Waals surface area contributed by atoms with Crippen LogP contribution in [-0.4, -0.2) is 46.1 Å². The van der Waals surface area contributed by atoms with E-state index in [-0.39, 0.29) is 11.7 Å². The van der Waals surface area contributed by atoms with E-state index in [1.807, 2.05) is 0 Å². The number of phenols is 1. The van der Waals surface area contributed by atoms with Gasteiger partial charge in [-0.15, -0.1) is 0 Å². The van der Waals surface area contributed by atoms with Crippen molar-refractivity contribution in [1.29, 1.82) is 0 Å². The molecular weight excluding hydrogens is 359 g/mol. The molecule has 0 atom stereocenters. The zero-order valence-corrected chi connectivity index (χ0v) is 14.6. The summed E-state index contributed by atoms with van der Waals surface area (Å²) < 4.78 is 13.5. The van der Waals surface area contributed by atoms with Crippen LogP contribution in [0.4, 0.5) is 0 Å². The van der Waals surface area contributed by atoms with Crippen molar-refractivity contribution in [3.63, 3.8) is 0 Å². The molecular formula is C14H15InN2O3. The number of phenolic OH excluding ortho intramolecular Hbond substituents is 1. The fraction of sp³-hybridized carbons (Fsp3) is 0.143. The van der Waals surface area contributed by atoms with Crippen LogP contribution >= 0.6 is 0 Å². The maximum atomic E-state index is 11.7. The summed E-state index contributed by atoms with van der Waals surface area (Å²) in [6.07, 6.45) is 4.79. The first-order valence-electron chi connectivity index (χ1n) is 6.19. The second-order valence-electron chi connectivity index (χ2n) is 4.39. The summed E-state index contributed by atoms with van der Waals surface area (Å²) in [5.41, 5.74) is 1.51. The minimum atomic E-state index is -1.78. The Bertz CT molecular complexity index is 608. The molecule has 1 heterocycles. The number of rotatable bonds is 4. The van der Waals surface area contributed by atoms with Gasteiger partial charge in [0.25, 0.3) is 0 Å². The van der Waals surface area contributed by atoms with Gasteiger partial charge in [-0.3, -0.25) is 0 Å². The summed E-state index contributed by atoms with van der Waals surface area (Å²) in [5, 5.41) is 12.4. The molecule has 0 saturated heterocycles. The Kier molecular flexibility index (Phi) is 4.89. The minimum absolute atomic E-state index is 0.0450. The summed E-state index contributed by atoms with van der Waals surface area (Å²) >= 11 is -1.78. The molecule has 0 aliphatic carbocycles. The summed E-state index contributed by atoms with van der Waals surface area (Å²) in [7, 11) is 1.49. The molecule has 0 spiro atoms. The average molecular weight is 374 g/mol. The standard InChI is InChI=1S/C13H12N2O3.CH3.In/c1-9(8-14)15-13(17)6-4-10-3-5-12(18-2)11(16)7-10;;/h1,3-8,16H,2H3,(H,15,17);1H3;/q-1;;+1/b6-4+,9-1?;;. The third-order valence-electron chi connectivity index (χ3n) is 2.77. The quantitative estimate of drug-likeness (QED) is 0.788. The van der Waals surface area contributed by atoms with Crippen LogP contribution < -0.4 is 10.1 Å². The SMILES string of the molecule is COc1ccc(/C=C/C(=O)NC2=[CH][In]([CH3])[N]=C2)cc1O. The number of carbonyl (C=O) groups is 1. The van der Waals surface area contributed by atoms with Crippen LogP contribution in [-0.2, 0) is 4.79 Å². The van der Waals surface area contributed by atoms with Gasteiger partial charge in [0.15, 0.2) is 0 Å². The van der Waals surface area contributed by atoms with E-state index < -0.39 is 21.7 Å². The van der Waals surface area contributed by atoms with E-state index in [1.165, 1.54) is 19.3 Å². The molecule has 1 aliphatic heterocycles. The van der Waals surface area contributed by atoms with Crippen molar-refractivity contribution in [2.24, 2.45) is 2.98 Å². The van der Waals surface area contributed by atoms with Gasteiger partial charge in [-0.2, -0.15) is 0 Å². The molecule has 0 radical (unpaired) electrons. The molecule has 0 bridgehead atoms. The molecule has 20 heavy (non-hydrogen) atoms. The molecule has 1 amide bonds. The fourth-order valence-electron chi connectivity index (χ4n) is 1.78. The first kappa shape index (κ1) is 14.7. The molecule has 1 aromatic rings. The summed E-state index contributed by atoms with van der Waals surface area (Å²) in [4.78, 5) is 11.7.